The normalized spacial score (nSPS) is 10.2. The second-order valence-corrected chi connectivity index (χ2v) is 6.83. The van der Waals surface area contributed by atoms with Gasteiger partial charge in [-0.1, -0.05) is 36.0 Å². The quantitative estimate of drug-likeness (QED) is 0.660. The van der Waals surface area contributed by atoms with Crippen LogP contribution in [0.2, 0.25) is 0 Å². The molecule has 3 aromatic rings. The number of carbonyl (C=O) groups excluding carboxylic acids is 1. The molecule has 0 atom stereocenters. The second kappa shape index (κ2) is 7.15. The molecule has 3 rings (SSSR count). The summed E-state index contributed by atoms with van der Waals surface area (Å²) < 4.78 is 1.25. The van der Waals surface area contributed by atoms with Crippen LogP contribution in [0.5, 0.6) is 0 Å². The van der Waals surface area contributed by atoms with Crippen molar-refractivity contribution in [3.05, 3.63) is 72.1 Å². The highest BCUT2D eigenvalue weighted by atomic mass is 32.2. The van der Waals surface area contributed by atoms with E-state index in [0.717, 1.165) is 16.3 Å². The third kappa shape index (κ3) is 4.13. The summed E-state index contributed by atoms with van der Waals surface area (Å²) in [6.45, 7) is 0. The van der Waals surface area contributed by atoms with Crippen molar-refractivity contribution in [3.63, 3.8) is 0 Å². The molecule has 0 saturated carbocycles. The summed E-state index contributed by atoms with van der Waals surface area (Å²) >= 11 is 3.43. The van der Waals surface area contributed by atoms with Crippen molar-refractivity contribution in [1.29, 1.82) is 0 Å². The summed E-state index contributed by atoms with van der Waals surface area (Å²) in [6, 6.07) is 21.1. The van der Waals surface area contributed by atoms with E-state index in [-0.39, 0.29) is 6.03 Å². The lowest BCUT2D eigenvalue weighted by molar-refractivity contribution is 0.262. The first-order valence-corrected chi connectivity index (χ1v) is 8.44. The Balaban J connectivity index is 1.57. The highest BCUT2D eigenvalue weighted by molar-refractivity contribution is 8.01. The number of carbonyl (C=O) groups is 1. The zero-order chi connectivity index (χ0) is 15.2. The molecular formula is C17H14N2OS2. The number of amides is 2. The molecule has 2 amide bonds. The van der Waals surface area contributed by atoms with E-state index in [1.165, 1.54) is 4.21 Å². The van der Waals surface area contributed by atoms with Crippen LogP contribution in [0.1, 0.15) is 0 Å². The largest absolute Gasteiger partial charge is 0.323 e. The molecule has 2 aromatic carbocycles. The zero-order valence-electron chi connectivity index (χ0n) is 11.7. The molecule has 0 aliphatic carbocycles. The number of urea groups is 1. The van der Waals surface area contributed by atoms with Gasteiger partial charge in [-0.3, -0.25) is 0 Å². The Hall–Kier alpha value is -2.24. The molecule has 0 fully saturated rings. The molecule has 0 unspecified atom stereocenters. The van der Waals surface area contributed by atoms with Crippen LogP contribution >= 0.6 is 23.1 Å². The first-order valence-electron chi connectivity index (χ1n) is 6.74. The number of nitrogens with one attached hydrogen (secondary N) is 2. The van der Waals surface area contributed by atoms with Crippen LogP contribution in [-0.2, 0) is 0 Å². The van der Waals surface area contributed by atoms with Gasteiger partial charge in [0, 0.05) is 16.3 Å². The van der Waals surface area contributed by atoms with E-state index in [9.17, 15) is 4.79 Å². The fraction of sp³-hybridized carbons (Fsp3) is 0. The lowest BCUT2D eigenvalue weighted by atomic mass is 10.3. The molecule has 0 spiro atoms. The van der Waals surface area contributed by atoms with Gasteiger partial charge in [0.05, 0.1) is 4.21 Å². The molecule has 0 aliphatic heterocycles. The molecule has 1 aromatic heterocycles. The van der Waals surface area contributed by atoms with Crippen molar-refractivity contribution in [2.45, 2.75) is 9.10 Å². The van der Waals surface area contributed by atoms with E-state index >= 15 is 0 Å². The summed E-state index contributed by atoms with van der Waals surface area (Å²) in [6.07, 6.45) is 0. The van der Waals surface area contributed by atoms with Gasteiger partial charge in [0.2, 0.25) is 0 Å². The van der Waals surface area contributed by atoms with Crippen LogP contribution < -0.4 is 10.6 Å². The highest BCUT2D eigenvalue weighted by Gasteiger charge is 2.03. The predicted octanol–water partition coefficient (Wildman–Crippen LogP) is 5.54. The lowest BCUT2D eigenvalue weighted by Gasteiger charge is -2.08. The maximum Gasteiger partial charge on any atom is 0.323 e. The molecule has 1 heterocycles. The van der Waals surface area contributed by atoms with Crippen LogP contribution in [0.4, 0.5) is 16.2 Å². The lowest BCUT2D eigenvalue weighted by Crippen LogP contribution is -2.19. The predicted molar refractivity (Wildman–Crippen MR) is 94.0 cm³/mol. The van der Waals surface area contributed by atoms with E-state index < -0.39 is 0 Å². The minimum Gasteiger partial charge on any atom is -0.308 e. The highest BCUT2D eigenvalue weighted by Crippen LogP contribution is 2.31. The molecule has 0 saturated heterocycles. The summed E-state index contributed by atoms with van der Waals surface area (Å²) in [7, 11) is 0. The van der Waals surface area contributed by atoms with Gasteiger partial charge in [-0.25, -0.2) is 4.79 Å². The topological polar surface area (TPSA) is 41.1 Å². The van der Waals surface area contributed by atoms with Gasteiger partial charge in [-0.05, 0) is 47.8 Å². The Morgan fingerprint density at radius 3 is 2.14 bits per heavy atom. The van der Waals surface area contributed by atoms with Crippen molar-refractivity contribution >= 4 is 40.5 Å². The summed E-state index contributed by atoms with van der Waals surface area (Å²) in [5.41, 5.74) is 1.54. The number of hydrogen-bond donors (Lipinski definition) is 2. The Bertz CT molecular complexity index is 725. The third-order valence-electron chi connectivity index (χ3n) is 2.86. The van der Waals surface area contributed by atoms with E-state index in [2.05, 4.69) is 22.1 Å². The van der Waals surface area contributed by atoms with Crippen molar-refractivity contribution in [2.75, 3.05) is 10.6 Å². The number of para-hydroxylation sites is 1. The van der Waals surface area contributed by atoms with Crippen molar-refractivity contribution in [1.82, 2.24) is 0 Å². The number of hydrogen-bond acceptors (Lipinski definition) is 3. The Kier molecular flexibility index (Phi) is 4.78. The van der Waals surface area contributed by atoms with E-state index in [4.69, 9.17) is 0 Å². The first-order chi connectivity index (χ1) is 10.8. The Morgan fingerprint density at radius 1 is 0.818 bits per heavy atom. The van der Waals surface area contributed by atoms with Gasteiger partial charge in [-0.2, -0.15) is 0 Å². The summed E-state index contributed by atoms with van der Waals surface area (Å²) in [5.74, 6) is 0. The van der Waals surface area contributed by atoms with E-state index in [1.54, 1.807) is 23.1 Å². The van der Waals surface area contributed by atoms with Crippen molar-refractivity contribution in [3.8, 4) is 0 Å². The van der Waals surface area contributed by atoms with Crippen LogP contribution in [-0.4, -0.2) is 6.03 Å². The first kappa shape index (κ1) is 14.7. The monoisotopic (exact) mass is 326 g/mol. The number of rotatable bonds is 4. The maximum atomic E-state index is 11.9. The molecule has 0 bridgehead atoms. The van der Waals surface area contributed by atoms with Gasteiger partial charge in [-0.15, -0.1) is 11.3 Å². The standard InChI is InChI=1S/C17H14N2OS2/c20-17(18-13-5-2-1-3-6-13)19-14-8-10-15(11-9-14)22-16-7-4-12-21-16/h1-12H,(H2,18,19,20). The fourth-order valence-corrected chi connectivity index (χ4v) is 3.61. The number of anilines is 2. The number of benzene rings is 2. The van der Waals surface area contributed by atoms with Gasteiger partial charge < -0.3 is 10.6 Å². The van der Waals surface area contributed by atoms with Gasteiger partial charge in [0.15, 0.2) is 0 Å². The van der Waals surface area contributed by atoms with Crippen LogP contribution in [0.3, 0.4) is 0 Å². The number of thiophene rings is 1. The third-order valence-corrected chi connectivity index (χ3v) is 4.90. The van der Waals surface area contributed by atoms with Crippen LogP contribution in [0, 0.1) is 0 Å². The Labute approximate surface area is 137 Å². The average Bonchev–Trinajstić information content (AvgIpc) is 3.03. The second-order valence-electron chi connectivity index (χ2n) is 4.50. The van der Waals surface area contributed by atoms with Gasteiger partial charge in [0.1, 0.15) is 0 Å². The SMILES string of the molecule is O=C(Nc1ccccc1)Nc1ccc(Sc2cccs2)cc1. The van der Waals surface area contributed by atoms with Crippen LogP contribution in [0.15, 0.2) is 81.2 Å². The average molecular weight is 326 g/mol. The molecule has 2 N–H and O–H groups in total. The maximum absolute atomic E-state index is 11.9. The van der Waals surface area contributed by atoms with Gasteiger partial charge >= 0.3 is 6.03 Å². The Morgan fingerprint density at radius 2 is 1.50 bits per heavy atom. The van der Waals surface area contributed by atoms with E-state index in [1.807, 2.05) is 60.7 Å². The summed E-state index contributed by atoms with van der Waals surface area (Å²) in [5, 5.41) is 7.67. The van der Waals surface area contributed by atoms with Crippen molar-refractivity contribution in [2.24, 2.45) is 0 Å². The molecular weight excluding hydrogens is 312 g/mol. The minimum absolute atomic E-state index is 0.246. The molecule has 0 aliphatic rings. The van der Waals surface area contributed by atoms with E-state index in [0.29, 0.717) is 0 Å². The molecule has 3 nitrogen and oxygen atoms in total. The fourth-order valence-electron chi connectivity index (χ4n) is 1.86. The van der Waals surface area contributed by atoms with Crippen LogP contribution in [0.25, 0.3) is 0 Å². The molecule has 22 heavy (non-hydrogen) atoms. The molecule has 5 heteroatoms. The van der Waals surface area contributed by atoms with Crippen molar-refractivity contribution < 1.29 is 4.79 Å². The molecule has 110 valence electrons. The zero-order valence-corrected chi connectivity index (χ0v) is 13.3. The smallest absolute Gasteiger partial charge is 0.308 e. The molecule has 0 radical (unpaired) electrons. The minimum atomic E-state index is -0.246. The van der Waals surface area contributed by atoms with Gasteiger partial charge in [0.25, 0.3) is 0 Å². The summed E-state index contributed by atoms with van der Waals surface area (Å²) in [4.78, 5) is 13.0.